The molecule has 0 aromatic heterocycles. The Morgan fingerprint density at radius 3 is 2.57 bits per heavy atom. The van der Waals surface area contributed by atoms with Crippen LogP contribution in [0.2, 0.25) is 0 Å². The fourth-order valence-electron chi connectivity index (χ4n) is 4.19. The first-order valence-electron chi connectivity index (χ1n) is 9.03. The molecular weight excluding hydrogens is 314 g/mol. The van der Waals surface area contributed by atoms with Crippen LogP contribution < -0.4 is 16.0 Å². The van der Waals surface area contributed by atoms with Gasteiger partial charge in [-0.3, -0.25) is 10.6 Å². The van der Waals surface area contributed by atoms with Crippen LogP contribution in [0, 0.1) is 5.92 Å². The van der Waals surface area contributed by atoms with Crippen molar-refractivity contribution in [2.24, 2.45) is 5.92 Å². The van der Waals surface area contributed by atoms with Crippen molar-refractivity contribution < 1.29 is 13.2 Å². The molecule has 2 unspecified atom stereocenters. The zero-order valence-corrected chi connectivity index (χ0v) is 14.9. The summed E-state index contributed by atoms with van der Waals surface area (Å²) in [5.74, 6) is 0.577. The van der Waals surface area contributed by atoms with Crippen LogP contribution in [0.3, 0.4) is 0 Å². The normalized spacial score (nSPS) is 39.4. The summed E-state index contributed by atoms with van der Waals surface area (Å²) in [6.45, 7) is 3.72. The van der Waals surface area contributed by atoms with Crippen molar-refractivity contribution in [3.8, 4) is 0 Å². The molecule has 3 aliphatic rings. The Balaban J connectivity index is 1.43. The number of nitrogens with one attached hydrogen (secondary N) is 3. The van der Waals surface area contributed by atoms with E-state index in [9.17, 15) is 8.42 Å². The zero-order valence-electron chi connectivity index (χ0n) is 14.1. The van der Waals surface area contributed by atoms with Crippen molar-refractivity contribution >= 4 is 9.84 Å². The minimum absolute atomic E-state index is 0.122. The van der Waals surface area contributed by atoms with E-state index >= 15 is 0 Å². The number of sulfone groups is 1. The quantitative estimate of drug-likeness (QED) is 0.663. The third-order valence-electron chi connectivity index (χ3n) is 5.64. The fourth-order valence-corrected chi connectivity index (χ4v) is 5.32. The van der Waals surface area contributed by atoms with Gasteiger partial charge in [0.15, 0.2) is 0 Å². The van der Waals surface area contributed by atoms with Gasteiger partial charge in [-0.15, -0.1) is 0 Å². The molecule has 1 aliphatic carbocycles. The van der Waals surface area contributed by atoms with E-state index in [1.807, 2.05) is 0 Å². The summed E-state index contributed by atoms with van der Waals surface area (Å²) < 4.78 is 29.0. The Labute approximate surface area is 140 Å². The molecule has 2 saturated heterocycles. The average Bonchev–Trinajstić information content (AvgIpc) is 3.06. The molecule has 0 aromatic carbocycles. The van der Waals surface area contributed by atoms with E-state index < -0.39 is 9.84 Å². The minimum atomic E-state index is -2.87. The first kappa shape index (κ1) is 17.6. The van der Waals surface area contributed by atoms with E-state index in [1.54, 1.807) is 0 Å². The van der Waals surface area contributed by atoms with E-state index in [0.29, 0.717) is 18.1 Å². The van der Waals surface area contributed by atoms with Gasteiger partial charge in [-0.2, -0.15) is 0 Å². The van der Waals surface area contributed by atoms with Gasteiger partial charge in [-0.1, -0.05) is 0 Å². The van der Waals surface area contributed by atoms with Gasteiger partial charge in [0.1, 0.15) is 9.84 Å². The third kappa shape index (κ3) is 4.89. The molecule has 2 heterocycles. The van der Waals surface area contributed by atoms with E-state index in [2.05, 4.69) is 16.0 Å². The van der Waals surface area contributed by atoms with Gasteiger partial charge in [0, 0.05) is 38.5 Å². The van der Waals surface area contributed by atoms with E-state index in [-0.39, 0.29) is 11.4 Å². The van der Waals surface area contributed by atoms with Gasteiger partial charge >= 0.3 is 0 Å². The van der Waals surface area contributed by atoms with E-state index in [4.69, 9.17) is 4.74 Å². The summed E-state index contributed by atoms with van der Waals surface area (Å²) in [4.78, 5) is 0. The lowest BCUT2D eigenvalue weighted by Gasteiger charge is -2.40. The highest BCUT2D eigenvalue weighted by atomic mass is 32.2. The van der Waals surface area contributed by atoms with E-state index in [0.717, 1.165) is 58.3 Å². The third-order valence-corrected chi connectivity index (χ3v) is 7.32. The molecule has 23 heavy (non-hydrogen) atoms. The Bertz CT molecular complexity index is 471. The molecule has 3 N–H and O–H groups in total. The highest BCUT2D eigenvalue weighted by molar-refractivity contribution is 7.91. The first-order chi connectivity index (χ1) is 11.0. The molecule has 3 rings (SSSR count). The molecule has 2 aliphatic heterocycles. The van der Waals surface area contributed by atoms with Gasteiger partial charge in [-0.25, -0.2) is 8.42 Å². The van der Waals surface area contributed by atoms with Crippen LogP contribution in [0.25, 0.3) is 0 Å². The number of hydrogen-bond acceptors (Lipinski definition) is 6. The first-order valence-corrected chi connectivity index (χ1v) is 11.0. The van der Waals surface area contributed by atoms with Crippen molar-refractivity contribution in [1.29, 1.82) is 0 Å². The highest BCUT2D eigenvalue weighted by Crippen LogP contribution is 2.30. The molecule has 0 amide bonds. The van der Waals surface area contributed by atoms with Gasteiger partial charge < -0.3 is 10.1 Å². The molecule has 134 valence electrons. The lowest BCUT2D eigenvalue weighted by molar-refractivity contribution is 0.102. The summed E-state index contributed by atoms with van der Waals surface area (Å²) in [6.07, 6.45) is 8.01. The molecular formula is C16H31N3O3S. The second-order valence-corrected chi connectivity index (χ2v) is 9.72. The SMILES string of the molecule is CS(=O)(=O)C1CCC(C2CNCC(NC[C@@H]3CCCO3)N2)CC1. The van der Waals surface area contributed by atoms with Crippen molar-refractivity contribution in [2.75, 3.05) is 32.5 Å². The Hall–Kier alpha value is -0.210. The van der Waals surface area contributed by atoms with Gasteiger partial charge in [0.25, 0.3) is 0 Å². The number of hydrogen-bond donors (Lipinski definition) is 3. The maximum Gasteiger partial charge on any atom is 0.150 e. The topological polar surface area (TPSA) is 79.5 Å². The van der Waals surface area contributed by atoms with Crippen LogP contribution in [0.15, 0.2) is 0 Å². The van der Waals surface area contributed by atoms with Crippen LogP contribution in [-0.4, -0.2) is 64.5 Å². The Morgan fingerprint density at radius 2 is 1.91 bits per heavy atom. The maximum absolute atomic E-state index is 11.7. The number of ether oxygens (including phenoxy) is 1. The van der Waals surface area contributed by atoms with Crippen LogP contribution in [-0.2, 0) is 14.6 Å². The second-order valence-electron chi connectivity index (χ2n) is 7.39. The summed E-state index contributed by atoms with van der Waals surface area (Å²) in [7, 11) is -2.87. The molecule has 0 spiro atoms. The highest BCUT2D eigenvalue weighted by Gasteiger charge is 2.34. The lowest BCUT2D eigenvalue weighted by atomic mass is 9.83. The fraction of sp³-hybridized carbons (Fsp3) is 1.00. The standard InChI is InChI=1S/C16H31N3O3S/c1-23(20,21)14-6-4-12(5-7-14)15-10-17-11-16(19-15)18-9-13-3-2-8-22-13/h12-19H,2-11H2,1H3/t12?,13-,14?,15?,16?/m0/s1. The predicted molar refractivity (Wildman–Crippen MR) is 91.1 cm³/mol. The molecule has 3 atom stereocenters. The summed E-state index contributed by atoms with van der Waals surface area (Å²) in [5.41, 5.74) is 0. The molecule has 6 nitrogen and oxygen atoms in total. The predicted octanol–water partition coefficient (Wildman–Crippen LogP) is 0.246. The maximum atomic E-state index is 11.7. The number of rotatable bonds is 5. The molecule has 7 heteroatoms. The molecule has 0 aromatic rings. The van der Waals surface area contributed by atoms with Crippen LogP contribution in [0.4, 0.5) is 0 Å². The molecule has 1 saturated carbocycles. The number of piperazine rings is 1. The Morgan fingerprint density at radius 1 is 1.13 bits per heavy atom. The van der Waals surface area contributed by atoms with E-state index in [1.165, 1.54) is 12.7 Å². The van der Waals surface area contributed by atoms with Crippen LogP contribution in [0.1, 0.15) is 38.5 Å². The van der Waals surface area contributed by atoms with Crippen LogP contribution >= 0.6 is 0 Å². The summed E-state index contributed by atoms with van der Waals surface area (Å²) in [6, 6.07) is 0.436. The monoisotopic (exact) mass is 345 g/mol. The second kappa shape index (κ2) is 7.78. The molecule has 3 fully saturated rings. The zero-order chi connectivity index (χ0) is 16.3. The van der Waals surface area contributed by atoms with Gasteiger partial charge in [0.2, 0.25) is 0 Å². The summed E-state index contributed by atoms with van der Waals surface area (Å²) >= 11 is 0. The van der Waals surface area contributed by atoms with Crippen LogP contribution in [0.5, 0.6) is 0 Å². The lowest BCUT2D eigenvalue weighted by Crippen LogP contribution is -2.63. The largest absolute Gasteiger partial charge is 0.377 e. The average molecular weight is 346 g/mol. The van der Waals surface area contributed by atoms with Crippen molar-refractivity contribution in [1.82, 2.24) is 16.0 Å². The molecule has 0 bridgehead atoms. The van der Waals surface area contributed by atoms with Gasteiger partial charge in [-0.05, 0) is 44.4 Å². The van der Waals surface area contributed by atoms with Crippen molar-refractivity contribution in [3.05, 3.63) is 0 Å². The minimum Gasteiger partial charge on any atom is -0.377 e. The van der Waals surface area contributed by atoms with Gasteiger partial charge in [0.05, 0.1) is 17.5 Å². The van der Waals surface area contributed by atoms with Crippen molar-refractivity contribution in [2.45, 2.75) is 62.1 Å². The smallest absolute Gasteiger partial charge is 0.150 e. The molecule has 0 radical (unpaired) electrons. The summed E-state index contributed by atoms with van der Waals surface area (Å²) in [5, 5.41) is 10.7. The van der Waals surface area contributed by atoms with Crippen molar-refractivity contribution in [3.63, 3.8) is 0 Å². The Kier molecular flexibility index (Phi) is 5.96.